The van der Waals surface area contributed by atoms with E-state index in [0.29, 0.717) is 12.4 Å². The van der Waals surface area contributed by atoms with Crippen molar-refractivity contribution in [2.24, 2.45) is 5.73 Å². The summed E-state index contributed by atoms with van der Waals surface area (Å²) < 4.78 is 0. The average molecular weight is 174 g/mol. The van der Waals surface area contributed by atoms with Crippen molar-refractivity contribution in [1.82, 2.24) is 4.98 Å². The fourth-order valence-electron chi connectivity index (χ4n) is 0.785. The normalized spacial score (nSPS) is 8.82. The number of halogens is 1. The first-order chi connectivity index (χ1) is 4.83. The van der Waals surface area contributed by atoms with Crippen LogP contribution in [-0.2, 0) is 6.42 Å². The van der Waals surface area contributed by atoms with Gasteiger partial charge in [-0.1, -0.05) is 6.07 Å². The van der Waals surface area contributed by atoms with Crippen molar-refractivity contribution in [1.29, 1.82) is 0 Å². The van der Waals surface area contributed by atoms with Gasteiger partial charge in [0.1, 0.15) is 5.82 Å². The summed E-state index contributed by atoms with van der Waals surface area (Å²) >= 11 is 0. The van der Waals surface area contributed by atoms with Gasteiger partial charge >= 0.3 is 0 Å². The molecule has 0 aliphatic rings. The lowest BCUT2D eigenvalue weighted by Gasteiger charge is -1.97. The van der Waals surface area contributed by atoms with Gasteiger partial charge in [-0.3, -0.25) is 0 Å². The Morgan fingerprint density at radius 3 is 2.64 bits per heavy atom. The highest BCUT2D eigenvalue weighted by Crippen LogP contribution is 1.99. The molecule has 62 valence electrons. The molecule has 0 unspecified atom stereocenters. The number of hydrogen-bond acceptors (Lipinski definition) is 3. The van der Waals surface area contributed by atoms with Crippen molar-refractivity contribution in [3.8, 4) is 0 Å². The highest BCUT2D eigenvalue weighted by atomic mass is 35.5. The van der Waals surface area contributed by atoms with E-state index in [9.17, 15) is 0 Å². The molecular formula is C7H12ClN3. The van der Waals surface area contributed by atoms with Crippen LogP contribution in [0.2, 0.25) is 0 Å². The third-order valence-corrected chi connectivity index (χ3v) is 1.23. The van der Waals surface area contributed by atoms with E-state index in [2.05, 4.69) is 4.98 Å². The van der Waals surface area contributed by atoms with Gasteiger partial charge < -0.3 is 11.5 Å². The first-order valence-corrected chi connectivity index (χ1v) is 3.24. The Bertz CT molecular complexity index is 215. The monoisotopic (exact) mass is 173 g/mol. The molecule has 0 amide bonds. The molecule has 11 heavy (non-hydrogen) atoms. The molecule has 0 saturated heterocycles. The second-order valence-corrected chi connectivity index (χ2v) is 2.09. The van der Waals surface area contributed by atoms with Crippen LogP contribution in [0.3, 0.4) is 0 Å². The molecular weight excluding hydrogens is 162 g/mol. The Balaban J connectivity index is 0.000001000. The smallest absolute Gasteiger partial charge is 0.123 e. The van der Waals surface area contributed by atoms with Crippen LogP contribution in [0.25, 0.3) is 0 Å². The number of nitrogens with two attached hydrogens (primary N) is 2. The molecule has 0 aliphatic heterocycles. The first-order valence-electron chi connectivity index (χ1n) is 3.24. The van der Waals surface area contributed by atoms with Crippen LogP contribution in [0.4, 0.5) is 5.82 Å². The van der Waals surface area contributed by atoms with E-state index in [-0.39, 0.29) is 12.4 Å². The summed E-state index contributed by atoms with van der Waals surface area (Å²) in [5, 5.41) is 0. The summed E-state index contributed by atoms with van der Waals surface area (Å²) in [5.74, 6) is 0.561. The Morgan fingerprint density at radius 1 is 1.36 bits per heavy atom. The lowest BCUT2D eigenvalue weighted by molar-refractivity contribution is 0.926. The van der Waals surface area contributed by atoms with Crippen molar-refractivity contribution in [3.63, 3.8) is 0 Å². The Labute approximate surface area is 72.2 Å². The van der Waals surface area contributed by atoms with Gasteiger partial charge in [0.15, 0.2) is 0 Å². The molecule has 0 saturated carbocycles. The second kappa shape index (κ2) is 4.93. The summed E-state index contributed by atoms with van der Waals surface area (Å²) in [7, 11) is 0. The van der Waals surface area contributed by atoms with Crippen molar-refractivity contribution in [3.05, 3.63) is 23.9 Å². The molecule has 0 radical (unpaired) electrons. The number of anilines is 1. The lowest BCUT2D eigenvalue weighted by atomic mass is 10.3. The van der Waals surface area contributed by atoms with Gasteiger partial charge in [0.25, 0.3) is 0 Å². The van der Waals surface area contributed by atoms with Crippen LogP contribution in [-0.4, -0.2) is 11.5 Å². The van der Waals surface area contributed by atoms with Gasteiger partial charge in [-0.25, -0.2) is 4.98 Å². The average Bonchev–Trinajstić information content (AvgIpc) is 1.88. The van der Waals surface area contributed by atoms with Gasteiger partial charge in [0.2, 0.25) is 0 Å². The molecule has 0 fully saturated rings. The number of aromatic nitrogens is 1. The highest BCUT2D eigenvalue weighted by molar-refractivity contribution is 5.85. The zero-order valence-corrected chi connectivity index (χ0v) is 6.97. The van der Waals surface area contributed by atoms with E-state index in [1.54, 1.807) is 6.07 Å². The molecule has 4 N–H and O–H groups in total. The third-order valence-electron chi connectivity index (χ3n) is 1.23. The summed E-state index contributed by atoms with van der Waals surface area (Å²) in [4.78, 5) is 4.06. The Kier molecular flexibility index (Phi) is 4.57. The van der Waals surface area contributed by atoms with Crippen LogP contribution in [0.5, 0.6) is 0 Å². The first kappa shape index (κ1) is 10.2. The van der Waals surface area contributed by atoms with Crippen LogP contribution < -0.4 is 11.5 Å². The summed E-state index contributed by atoms with van der Waals surface area (Å²) in [6.45, 7) is 0.621. The zero-order valence-electron chi connectivity index (χ0n) is 6.16. The number of hydrogen-bond donors (Lipinski definition) is 2. The molecule has 4 heteroatoms. The molecule has 0 aromatic carbocycles. The molecule has 0 atom stereocenters. The topological polar surface area (TPSA) is 64.9 Å². The molecule has 1 aromatic heterocycles. The number of rotatable bonds is 2. The molecule has 0 spiro atoms. The molecule has 1 aromatic rings. The number of pyridine rings is 1. The van der Waals surface area contributed by atoms with Crippen molar-refractivity contribution >= 4 is 18.2 Å². The summed E-state index contributed by atoms with van der Waals surface area (Å²) in [5.41, 5.74) is 11.7. The predicted octanol–water partition coefficient (Wildman–Crippen LogP) is 0.587. The van der Waals surface area contributed by atoms with E-state index >= 15 is 0 Å². The summed E-state index contributed by atoms with van der Waals surface area (Å²) in [6.07, 6.45) is 0.797. The highest BCUT2D eigenvalue weighted by Gasteiger charge is 1.91. The van der Waals surface area contributed by atoms with Crippen LogP contribution in [0.1, 0.15) is 5.69 Å². The van der Waals surface area contributed by atoms with Gasteiger partial charge in [-0.15, -0.1) is 12.4 Å². The minimum Gasteiger partial charge on any atom is -0.384 e. The largest absolute Gasteiger partial charge is 0.384 e. The molecule has 0 bridgehead atoms. The van der Waals surface area contributed by atoms with Crippen LogP contribution in [0.15, 0.2) is 18.2 Å². The van der Waals surface area contributed by atoms with E-state index < -0.39 is 0 Å². The standard InChI is InChI=1S/C7H11N3.ClH/c8-5-4-6-2-1-3-7(9)10-6;/h1-3H,4-5,8H2,(H2,9,10);1H. The quantitative estimate of drug-likeness (QED) is 0.688. The minimum atomic E-state index is 0. The second-order valence-electron chi connectivity index (χ2n) is 2.09. The minimum absolute atomic E-state index is 0. The van der Waals surface area contributed by atoms with Crippen molar-refractivity contribution < 1.29 is 0 Å². The molecule has 1 heterocycles. The number of nitrogens with zero attached hydrogens (tertiary/aromatic N) is 1. The van der Waals surface area contributed by atoms with E-state index in [4.69, 9.17) is 11.5 Å². The van der Waals surface area contributed by atoms with Gasteiger partial charge in [-0.05, 0) is 18.7 Å². The zero-order chi connectivity index (χ0) is 7.40. The third kappa shape index (κ3) is 3.20. The fraction of sp³-hybridized carbons (Fsp3) is 0.286. The lowest BCUT2D eigenvalue weighted by Crippen LogP contribution is -2.05. The Hall–Kier alpha value is -0.800. The molecule has 1 rings (SSSR count). The van der Waals surface area contributed by atoms with Gasteiger partial charge in [0, 0.05) is 12.1 Å². The Morgan fingerprint density at radius 2 is 2.09 bits per heavy atom. The maximum absolute atomic E-state index is 5.44. The summed E-state index contributed by atoms with van der Waals surface area (Å²) in [6, 6.07) is 5.57. The maximum Gasteiger partial charge on any atom is 0.123 e. The van der Waals surface area contributed by atoms with E-state index in [0.717, 1.165) is 12.1 Å². The van der Waals surface area contributed by atoms with E-state index in [1.807, 2.05) is 12.1 Å². The SMILES string of the molecule is Cl.NCCc1cccc(N)n1. The van der Waals surface area contributed by atoms with Crippen molar-refractivity contribution in [2.45, 2.75) is 6.42 Å². The van der Waals surface area contributed by atoms with Crippen LogP contribution in [0, 0.1) is 0 Å². The van der Waals surface area contributed by atoms with E-state index in [1.165, 1.54) is 0 Å². The van der Waals surface area contributed by atoms with Gasteiger partial charge in [-0.2, -0.15) is 0 Å². The van der Waals surface area contributed by atoms with Gasteiger partial charge in [0.05, 0.1) is 0 Å². The van der Waals surface area contributed by atoms with Crippen LogP contribution >= 0.6 is 12.4 Å². The maximum atomic E-state index is 5.44. The molecule has 3 nitrogen and oxygen atoms in total. The molecule has 0 aliphatic carbocycles. The number of nitrogen functional groups attached to an aromatic ring is 1. The van der Waals surface area contributed by atoms with Crippen molar-refractivity contribution in [2.75, 3.05) is 12.3 Å². The predicted molar refractivity (Wildman–Crippen MR) is 48.7 cm³/mol. The fourth-order valence-corrected chi connectivity index (χ4v) is 0.785.